The Labute approximate surface area is 120 Å². The Balaban J connectivity index is 2.61. The Morgan fingerprint density at radius 3 is 2.20 bits per heavy atom. The lowest BCUT2D eigenvalue weighted by atomic mass is 10.2. The zero-order chi connectivity index (χ0) is 15.3. The summed E-state index contributed by atoms with van der Waals surface area (Å²) in [4.78, 5) is 26.0. The molecule has 1 aliphatic heterocycles. The van der Waals surface area contributed by atoms with Gasteiger partial charge in [-0.1, -0.05) is 13.8 Å². The Hall–Kier alpha value is -1.15. The number of rotatable bonds is 6. The summed E-state index contributed by atoms with van der Waals surface area (Å²) < 4.78 is 24.6. The maximum Gasteiger partial charge on any atom is 0.238 e. The Morgan fingerprint density at radius 1 is 1.25 bits per heavy atom. The van der Waals surface area contributed by atoms with Crippen LogP contribution in [-0.4, -0.2) is 80.4 Å². The van der Waals surface area contributed by atoms with E-state index in [-0.39, 0.29) is 18.4 Å². The lowest BCUT2D eigenvalue weighted by molar-refractivity contribution is -0.135. The van der Waals surface area contributed by atoms with Crippen molar-refractivity contribution in [3.8, 4) is 0 Å². The fourth-order valence-electron chi connectivity index (χ4n) is 2.05. The number of amides is 2. The van der Waals surface area contributed by atoms with Crippen molar-refractivity contribution in [3.63, 3.8) is 0 Å². The van der Waals surface area contributed by atoms with Gasteiger partial charge in [0.05, 0.1) is 12.8 Å². The lowest BCUT2D eigenvalue weighted by Crippen LogP contribution is -2.51. The van der Waals surface area contributed by atoms with Crippen molar-refractivity contribution in [3.05, 3.63) is 0 Å². The van der Waals surface area contributed by atoms with Crippen molar-refractivity contribution in [2.75, 3.05) is 45.5 Å². The molecule has 8 heteroatoms. The summed E-state index contributed by atoms with van der Waals surface area (Å²) in [6.45, 7) is 5.93. The molecule has 1 aliphatic rings. The van der Waals surface area contributed by atoms with Gasteiger partial charge in [0.1, 0.15) is 0 Å². The van der Waals surface area contributed by atoms with Gasteiger partial charge >= 0.3 is 0 Å². The molecule has 2 amide bonds. The average molecular weight is 305 g/mol. The van der Waals surface area contributed by atoms with Gasteiger partial charge in [-0.3, -0.25) is 9.59 Å². The van der Waals surface area contributed by atoms with Gasteiger partial charge in [0.15, 0.2) is 0 Å². The molecule has 0 aromatic heterocycles. The standard InChI is InChI=1S/C12H23N3O4S/c1-11(2)8-15(20(3,18)19)9-12(17)14-6-4-13(10-16)5-7-14/h10-11H,4-9H2,1-3H3. The highest BCUT2D eigenvalue weighted by Gasteiger charge is 2.26. The largest absolute Gasteiger partial charge is 0.342 e. The van der Waals surface area contributed by atoms with Crippen molar-refractivity contribution >= 4 is 22.3 Å². The van der Waals surface area contributed by atoms with E-state index in [1.54, 1.807) is 9.80 Å². The molecule has 0 aromatic rings. The van der Waals surface area contributed by atoms with Crippen LogP contribution in [0.4, 0.5) is 0 Å². The second-order valence-electron chi connectivity index (χ2n) is 5.47. The molecule has 7 nitrogen and oxygen atoms in total. The van der Waals surface area contributed by atoms with Crippen LogP contribution in [0.2, 0.25) is 0 Å². The Kier molecular flexibility index (Phi) is 5.94. The van der Waals surface area contributed by atoms with Gasteiger partial charge in [0.25, 0.3) is 0 Å². The first-order valence-electron chi connectivity index (χ1n) is 6.66. The maximum absolute atomic E-state index is 12.1. The first kappa shape index (κ1) is 16.9. The predicted octanol–water partition coefficient (Wildman–Crippen LogP) is -0.795. The van der Waals surface area contributed by atoms with Crippen LogP contribution in [-0.2, 0) is 19.6 Å². The fraction of sp³-hybridized carbons (Fsp3) is 0.833. The number of sulfonamides is 1. The SMILES string of the molecule is CC(C)CN(CC(=O)N1CCN(C=O)CC1)S(C)(=O)=O. The highest BCUT2D eigenvalue weighted by atomic mass is 32.2. The number of carbonyl (C=O) groups is 2. The molecule has 1 saturated heterocycles. The molecule has 0 unspecified atom stereocenters. The normalized spacial score (nSPS) is 16.9. The zero-order valence-electron chi connectivity index (χ0n) is 12.3. The van der Waals surface area contributed by atoms with Crippen LogP contribution in [0.15, 0.2) is 0 Å². The lowest BCUT2D eigenvalue weighted by Gasteiger charge is -2.33. The summed E-state index contributed by atoms with van der Waals surface area (Å²) in [5, 5.41) is 0. The topological polar surface area (TPSA) is 78.0 Å². The van der Waals surface area contributed by atoms with Gasteiger partial charge in [0, 0.05) is 32.7 Å². The van der Waals surface area contributed by atoms with Crippen LogP contribution in [0, 0.1) is 5.92 Å². The molecule has 0 saturated carbocycles. The van der Waals surface area contributed by atoms with Gasteiger partial charge in [-0.05, 0) is 5.92 Å². The molecule has 0 radical (unpaired) electrons. The van der Waals surface area contributed by atoms with Gasteiger partial charge in [-0.25, -0.2) is 8.42 Å². The van der Waals surface area contributed by atoms with Crippen LogP contribution in [0.25, 0.3) is 0 Å². The Morgan fingerprint density at radius 2 is 1.80 bits per heavy atom. The maximum atomic E-state index is 12.1. The van der Waals surface area contributed by atoms with E-state index in [0.29, 0.717) is 32.7 Å². The molecule has 116 valence electrons. The van der Waals surface area contributed by atoms with E-state index < -0.39 is 10.0 Å². The van der Waals surface area contributed by atoms with E-state index >= 15 is 0 Å². The minimum Gasteiger partial charge on any atom is -0.342 e. The first-order valence-corrected chi connectivity index (χ1v) is 8.51. The minimum atomic E-state index is -3.39. The second-order valence-corrected chi connectivity index (χ2v) is 7.45. The number of nitrogens with zero attached hydrogens (tertiary/aromatic N) is 3. The third kappa shape index (κ3) is 5.09. The van der Waals surface area contributed by atoms with Crippen LogP contribution >= 0.6 is 0 Å². The van der Waals surface area contributed by atoms with E-state index in [4.69, 9.17) is 0 Å². The molecule has 0 spiro atoms. The quantitative estimate of drug-likeness (QED) is 0.602. The second kappa shape index (κ2) is 7.03. The van der Waals surface area contributed by atoms with Gasteiger partial charge in [-0.2, -0.15) is 4.31 Å². The summed E-state index contributed by atoms with van der Waals surface area (Å²) in [6.07, 6.45) is 1.89. The zero-order valence-corrected chi connectivity index (χ0v) is 13.1. The van der Waals surface area contributed by atoms with Crippen LogP contribution in [0.1, 0.15) is 13.8 Å². The Bertz CT molecular complexity index is 442. The van der Waals surface area contributed by atoms with E-state index in [0.717, 1.165) is 12.7 Å². The molecule has 1 heterocycles. The highest BCUT2D eigenvalue weighted by molar-refractivity contribution is 7.88. The smallest absolute Gasteiger partial charge is 0.238 e. The summed E-state index contributed by atoms with van der Waals surface area (Å²) >= 11 is 0. The number of piperazine rings is 1. The van der Waals surface area contributed by atoms with E-state index in [1.165, 1.54) is 4.31 Å². The van der Waals surface area contributed by atoms with Crippen LogP contribution in [0.5, 0.6) is 0 Å². The molecular formula is C12H23N3O4S. The van der Waals surface area contributed by atoms with E-state index in [1.807, 2.05) is 13.8 Å². The molecule has 0 atom stereocenters. The third-order valence-electron chi connectivity index (χ3n) is 3.17. The molecule has 20 heavy (non-hydrogen) atoms. The first-order chi connectivity index (χ1) is 9.24. The molecule has 0 N–H and O–H groups in total. The summed E-state index contributed by atoms with van der Waals surface area (Å²) in [6, 6.07) is 0. The van der Waals surface area contributed by atoms with Crippen LogP contribution < -0.4 is 0 Å². The van der Waals surface area contributed by atoms with Crippen LogP contribution in [0.3, 0.4) is 0 Å². The van der Waals surface area contributed by atoms with Crippen molar-refractivity contribution in [1.29, 1.82) is 0 Å². The van der Waals surface area contributed by atoms with Gasteiger partial charge in [-0.15, -0.1) is 0 Å². The van der Waals surface area contributed by atoms with Gasteiger partial charge in [0.2, 0.25) is 22.3 Å². The van der Waals surface area contributed by atoms with Crippen molar-refractivity contribution in [1.82, 2.24) is 14.1 Å². The van der Waals surface area contributed by atoms with E-state index in [9.17, 15) is 18.0 Å². The number of hydrogen-bond donors (Lipinski definition) is 0. The molecular weight excluding hydrogens is 282 g/mol. The minimum absolute atomic E-state index is 0.127. The van der Waals surface area contributed by atoms with Crippen molar-refractivity contribution in [2.24, 2.45) is 5.92 Å². The molecule has 0 aromatic carbocycles. The summed E-state index contributed by atoms with van der Waals surface area (Å²) in [5.41, 5.74) is 0. The fourth-order valence-corrected chi connectivity index (χ4v) is 2.97. The van der Waals surface area contributed by atoms with Crippen molar-refractivity contribution in [2.45, 2.75) is 13.8 Å². The monoisotopic (exact) mass is 305 g/mol. The molecule has 0 aliphatic carbocycles. The number of hydrogen-bond acceptors (Lipinski definition) is 4. The molecule has 1 fully saturated rings. The molecule has 0 bridgehead atoms. The predicted molar refractivity (Wildman–Crippen MR) is 75.5 cm³/mol. The highest BCUT2D eigenvalue weighted by Crippen LogP contribution is 2.07. The average Bonchev–Trinajstić information content (AvgIpc) is 2.36. The third-order valence-corrected chi connectivity index (χ3v) is 4.38. The van der Waals surface area contributed by atoms with Crippen molar-refractivity contribution < 1.29 is 18.0 Å². The van der Waals surface area contributed by atoms with E-state index in [2.05, 4.69) is 0 Å². The van der Waals surface area contributed by atoms with Gasteiger partial charge < -0.3 is 9.80 Å². The summed E-state index contributed by atoms with van der Waals surface area (Å²) in [5.74, 6) is -0.0499. The number of carbonyl (C=O) groups excluding carboxylic acids is 2. The summed E-state index contributed by atoms with van der Waals surface area (Å²) in [7, 11) is -3.39. The molecule has 1 rings (SSSR count).